The van der Waals surface area contributed by atoms with Crippen LogP contribution in [0, 0.1) is 0 Å². The summed E-state index contributed by atoms with van der Waals surface area (Å²) in [4.78, 5) is 49.2. The number of ether oxygens (including phenoxy) is 6. The third-order valence-electron chi connectivity index (χ3n) is 5.05. The van der Waals surface area contributed by atoms with E-state index in [1.54, 1.807) is 14.2 Å². The second-order valence-corrected chi connectivity index (χ2v) is 8.52. The number of methoxy groups -OCH3 is 2. The summed E-state index contributed by atoms with van der Waals surface area (Å²) in [5, 5.41) is 10.8. The van der Waals surface area contributed by atoms with Crippen LogP contribution in [0.25, 0.3) is 0 Å². The number of nitrogens with one attached hydrogen (secondary N) is 4. The Bertz CT molecular complexity index is 618. The van der Waals surface area contributed by atoms with Gasteiger partial charge in [0.1, 0.15) is 13.2 Å². The van der Waals surface area contributed by atoms with Crippen molar-refractivity contribution in [3.8, 4) is 0 Å². The number of carbonyl (C=O) groups excluding carboxylic acids is 4. The molecule has 4 N–H and O–H groups in total. The van der Waals surface area contributed by atoms with E-state index >= 15 is 0 Å². The number of hydrogen-bond acceptors (Lipinski definition) is 11. The fraction of sp³-hybridized carbons (Fsp3) is 0.840. The van der Waals surface area contributed by atoms with Crippen LogP contribution in [0.1, 0.15) is 12.8 Å². The molecule has 0 bridgehead atoms. The Kier molecular flexibility index (Phi) is 26.5. The maximum absolute atomic E-state index is 12.0. The Morgan fingerprint density at radius 1 is 0.500 bits per heavy atom. The quantitative estimate of drug-likeness (QED) is 0.0723. The standard InChI is InChI=1S/C25H49N5O10/c1-30(10-4-22(31)26-6-8-28-24(33)20-39-18-16-37-14-12-35-2)11-5-23(32)27-7-9-29-25(34)21-40-19-17-38-15-13-36-3/h4-21H2,1-3H3,(H,26,31)(H,27,32)(H,28,33)(H,29,34). The molecule has 0 spiro atoms. The van der Waals surface area contributed by atoms with Crippen molar-refractivity contribution in [2.45, 2.75) is 12.8 Å². The fourth-order valence-electron chi connectivity index (χ4n) is 2.84. The van der Waals surface area contributed by atoms with E-state index in [0.29, 0.717) is 92.1 Å². The highest BCUT2D eigenvalue weighted by Crippen LogP contribution is 1.91. The molecule has 0 aromatic rings. The van der Waals surface area contributed by atoms with E-state index in [1.807, 2.05) is 11.9 Å². The van der Waals surface area contributed by atoms with Crippen LogP contribution in [0.2, 0.25) is 0 Å². The second kappa shape index (κ2) is 28.1. The summed E-state index contributed by atoms with van der Waals surface area (Å²) in [6.45, 7) is 5.40. The average molecular weight is 580 g/mol. The molecule has 0 aliphatic carbocycles. The van der Waals surface area contributed by atoms with E-state index in [1.165, 1.54) is 0 Å². The Morgan fingerprint density at radius 3 is 1.20 bits per heavy atom. The highest BCUT2D eigenvalue weighted by atomic mass is 16.5. The van der Waals surface area contributed by atoms with E-state index in [4.69, 9.17) is 28.4 Å². The van der Waals surface area contributed by atoms with Crippen LogP contribution in [0.15, 0.2) is 0 Å². The first-order chi connectivity index (χ1) is 19.4. The van der Waals surface area contributed by atoms with Crippen LogP contribution in [-0.2, 0) is 47.6 Å². The summed E-state index contributed by atoms with van der Waals surface area (Å²) < 4.78 is 30.5. The molecule has 234 valence electrons. The molecule has 0 aliphatic rings. The molecule has 0 aromatic heterocycles. The lowest BCUT2D eigenvalue weighted by Crippen LogP contribution is -2.38. The summed E-state index contributed by atoms with van der Waals surface area (Å²) >= 11 is 0. The summed E-state index contributed by atoms with van der Waals surface area (Å²) in [5.41, 5.74) is 0. The molecule has 0 saturated carbocycles. The summed E-state index contributed by atoms with van der Waals surface area (Å²) in [6.07, 6.45) is 0.539. The molecule has 0 rings (SSSR count). The number of rotatable bonds is 28. The van der Waals surface area contributed by atoms with E-state index in [9.17, 15) is 19.2 Å². The first kappa shape index (κ1) is 37.6. The predicted octanol–water partition coefficient (Wildman–Crippen LogP) is -2.48. The zero-order valence-corrected chi connectivity index (χ0v) is 24.3. The molecule has 15 heteroatoms. The van der Waals surface area contributed by atoms with Crippen molar-refractivity contribution in [2.24, 2.45) is 0 Å². The zero-order valence-electron chi connectivity index (χ0n) is 24.3. The molecule has 0 saturated heterocycles. The Hall–Kier alpha value is -2.40. The largest absolute Gasteiger partial charge is 0.382 e. The molecule has 0 aliphatic heterocycles. The van der Waals surface area contributed by atoms with Gasteiger partial charge in [-0.2, -0.15) is 0 Å². The molecule has 0 unspecified atom stereocenters. The van der Waals surface area contributed by atoms with Gasteiger partial charge in [0.2, 0.25) is 23.6 Å². The summed E-state index contributed by atoms with van der Waals surface area (Å²) in [6, 6.07) is 0. The normalized spacial score (nSPS) is 10.9. The lowest BCUT2D eigenvalue weighted by molar-refractivity contribution is -0.127. The minimum atomic E-state index is -0.267. The molecule has 40 heavy (non-hydrogen) atoms. The first-order valence-corrected chi connectivity index (χ1v) is 13.4. The monoisotopic (exact) mass is 579 g/mol. The van der Waals surface area contributed by atoms with Gasteiger partial charge in [0.15, 0.2) is 0 Å². The number of carbonyl (C=O) groups is 4. The van der Waals surface area contributed by atoms with Gasteiger partial charge in [-0.05, 0) is 7.05 Å². The molecule has 0 heterocycles. The van der Waals surface area contributed by atoms with Gasteiger partial charge in [0.25, 0.3) is 0 Å². The van der Waals surface area contributed by atoms with Gasteiger partial charge in [-0.1, -0.05) is 0 Å². The van der Waals surface area contributed by atoms with Crippen LogP contribution in [-0.4, -0.2) is 155 Å². The van der Waals surface area contributed by atoms with Gasteiger partial charge in [-0.15, -0.1) is 0 Å². The third-order valence-corrected chi connectivity index (χ3v) is 5.05. The van der Waals surface area contributed by atoms with Crippen LogP contribution in [0.5, 0.6) is 0 Å². The van der Waals surface area contributed by atoms with Crippen molar-refractivity contribution >= 4 is 23.6 Å². The van der Waals surface area contributed by atoms with E-state index in [-0.39, 0.29) is 49.7 Å². The van der Waals surface area contributed by atoms with Gasteiger partial charge < -0.3 is 54.6 Å². The van der Waals surface area contributed by atoms with Crippen LogP contribution >= 0.6 is 0 Å². The third kappa shape index (κ3) is 27.2. The average Bonchev–Trinajstić information content (AvgIpc) is 2.94. The Morgan fingerprint density at radius 2 is 0.825 bits per heavy atom. The van der Waals surface area contributed by atoms with Gasteiger partial charge in [-0.3, -0.25) is 19.2 Å². The van der Waals surface area contributed by atoms with Crippen molar-refractivity contribution in [3.63, 3.8) is 0 Å². The molecular weight excluding hydrogens is 530 g/mol. The summed E-state index contributed by atoms with van der Waals surface area (Å²) in [5.74, 6) is -0.825. The SMILES string of the molecule is COCCOCCOCC(=O)NCCNC(=O)CCN(C)CCC(=O)NCCNC(=O)COCCOCCOC. The van der Waals surface area contributed by atoms with Crippen molar-refractivity contribution in [3.05, 3.63) is 0 Å². The Labute approximate surface area is 237 Å². The second-order valence-electron chi connectivity index (χ2n) is 8.52. The maximum atomic E-state index is 12.0. The van der Waals surface area contributed by atoms with Crippen LogP contribution in [0.3, 0.4) is 0 Å². The lowest BCUT2D eigenvalue weighted by Gasteiger charge is -2.16. The topological polar surface area (TPSA) is 175 Å². The van der Waals surface area contributed by atoms with Gasteiger partial charge in [0, 0.05) is 66.3 Å². The molecule has 15 nitrogen and oxygen atoms in total. The van der Waals surface area contributed by atoms with Crippen molar-refractivity contribution < 1.29 is 47.6 Å². The number of amides is 4. The molecule has 0 aromatic carbocycles. The first-order valence-electron chi connectivity index (χ1n) is 13.4. The maximum Gasteiger partial charge on any atom is 0.246 e. The molecule has 0 atom stereocenters. The predicted molar refractivity (Wildman–Crippen MR) is 146 cm³/mol. The van der Waals surface area contributed by atoms with E-state index in [0.717, 1.165) is 0 Å². The summed E-state index contributed by atoms with van der Waals surface area (Å²) in [7, 11) is 5.01. The number of hydrogen-bond donors (Lipinski definition) is 4. The van der Waals surface area contributed by atoms with Crippen molar-refractivity contribution in [1.82, 2.24) is 26.2 Å². The minimum Gasteiger partial charge on any atom is -0.382 e. The number of nitrogens with zero attached hydrogens (tertiary/aromatic N) is 1. The van der Waals surface area contributed by atoms with Crippen LogP contribution in [0.4, 0.5) is 0 Å². The highest BCUT2D eigenvalue weighted by molar-refractivity contribution is 5.78. The van der Waals surface area contributed by atoms with Crippen molar-refractivity contribution in [1.29, 1.82) is 0 Å². The van der Waals surface area contributed by atoms with E-state index in [2.05, 4.69) is 21.3 Å². The molecule has 4 amide bonds. The fourth-order valence-corrected chi connectivity index (χ4v) is 2.84. The highest BCUT2D eigenvalue weighted by Gasteiger charge is 2.08. The van der Waals surface area contributed by atoms with Gasteiger partial charge >= 0.3 is 0 Å². The van der Waals surface area contributed by atoms with E-state index < -0.39 is 0 Å². The van der Waals surface area contributed by atoms with Gasteiger partial charge in [-0.25, -0.2) is 0 Å². The molecule has 0 radical (unpaired) electrons. The van der Waals surface area contributed by atoms with Crippen LogP contribution < -0.4 is 21.3 Å². The van der Waals surface area contributed by atoms with Crippen molar-refractivity contribution in [2.75, 3.05) is 127 Å². The molecular formula is C25H49N5O10. The van der Waals surface area contributed by atoms with Gasteiger partial charge in [0.05, 0.1) is 52.9 Å². The minimum absolute atomic E-state index is 0.0733. The smallest absolute Gasteiger partial charge is 0.246 e. The molecule has 0 fully saturated rings. The zero-order chi connectivity index (χ0) is 29.7. The lowest BCUT2D eigenvalue weighted by atomic mass is 10.3. The Balaban J connectivity index is 3.60.